The summed E-state index contributed by atoms with van der Waals surface area (Å²) in [5, 5.41) is 0. The molecule has 0 aromatic heterocycles. The van der Waals surface area contributed by atoms with Gasteiger partial charge in [-0.2, -0.15) is 0 Å². The normalized spacial score (nSPS) is 29.9. The monoisotopic (exact) mass is 240 g/mol. The van der Waals surface area contributed by atoms with Gasteiger partial charge >= 0.3 is 0 Å². The minimum Gasteiger partial charge on any atom is -0.343 e. The van der Waals surface area contributed by atoms with E-state index in [4.69, 9.17) is 21.1 Å². The lowest BCUT2D eigenvalue weighted by Gasteiger charge is -2.32. The lowest BCUT2D eigenvalue weighted by atomic mass is 9.94. The van der Waals surface area contributed by atoms with Crippen LogP contribution in [0.3, 0.4) is 0 Å². The molecule has 1 heterocycles. The molecule has 0 N–H and O–H groups in total. The Bertz CT molecular complexity index is 339. The van der Waals surface area contributed by atoms with E-state index in [1.165, 1.54) is 0 Å². The van der Waals surface area contributed by atoms with Crippen LogP contribution >= 0.6 is 11.6 Å². The lowest BCUT2D eigenvalue weighted by Crippen LogP contribution is -2.34. The topological polar surface area (TPSA) is 18.5 Å². The molecule has 2 nitrogen and oxygen atoms in total. The first kappa shape index (κ1) is 11.9. The van der Waals surface area contributed by atoms with Crippen LogP contribution in [0.25, 0.3) is 0 Å². The van der Waals surface area contributed by atoms with Crippen molar-refractivity contribution in [2.45, 2.75) is 25.7 Å². The molecule has 16 heavy (non-hydrogen) atoms. The zero-order valence-corrected chi connectivity index (χ0v) is 10.4. The van der Waals surface area contributed by atoms with Gasteiger partial charge in [0.1, 0.15) is 0 Å². The lowest BCUT2D eigenvalue weighted by molar-refractivity contribution is -0.205. The van der Waals surface area contributed by atoms with E-state index < -0.39 is 5.79 Å². The van der Waals surface area contributed by atoms with Gasteiger partial charge in [0.15, 0.2) is 5.79 Å². The first-order valence-electron chi connectivity index (χ1n) is 5.62. The van der Waals surface area contributed by atoms with Crippen molar-refractivity contribution in [1.29, 1.82) is 0 Å². The predicted molar refractivity (Wildman–Crippen MR) is 64.5 cm³/mol. The van der Waals surface area contributed by atoms with E-state index in [9.17, 15) is 0 Å². The summed E-state index contributed by atoms with van der Waals surface area (Å²) in [5.74, 6) is 0.102. The van der Waals surface area contributed by atoms with Gasteiger partial charge in [-0.05, 0) is 0 Å². The van der Waals surface area contributed by atoms with Gasteiger partial charge in [0.25, 0.3) is 0 Å². The van der Waals surface area contributed by atoms with Crippen molar-refractivity contribution in [2.24, 2.45) is 5.92 Å². The van der Waals surface area contributed by atoms with Crippen LogP contribution in [0.15, 0.2) is 30.3 Å². The van der Waals surface area contributed by atoms with Crippen LogP contribution in [0.5, 0.6) is 0 Å². The molecule has 1 aromatic rings. The van der Waals surface area contributed by atoms with E-state index in [1.54, 1.807) is 0 Å². The van der Waals surface area contributed by atoms with Crippen molar-refractivity contribution in [1.82, 2.24) is 0 Å². The summed E-state index contributed by atoms with van der Waals surface area (Å²) >= 11 is 5.82. The molecule has 1 fully saturated rings. The fourth-order valence-corrected chi connectivity index (χ4v) is 2.22. The molecule has 0 bridgehead atoms. The van der Waals surface area contributed by atoms with Gasteiger partial charge < -0.3 is 9.47 Å². The Morgan fingerprint density at radius 3 is 2.56 bits per heavy atom. The molecular formula is C13H17ClO2. The predicted octanol–water partition coefficient (Wildman–Crippen LogP) is 3.15. The zero-order valence-electron chi connectivity index (χ0n) is 9.65. The summed E-state index contributed by atoms with van der Waals surface area (Å²) in [7, 11) is 0. The number of alkyl halides is 1. The molecule has 0 radical (unpaired) electrons. The van der Waals surface area contributed by atoms with Crippen LogP contribution in [0, 0.1) is 5.92 Å². The number of ether oxygens (including phenoxy) is 2. The molecule has 1 aliphatic heterocycles. The van der Waals surface area contributed by atoms with Crippen LogP contribution in [-0.2, 0) is 15.3 Å². The van der Waals surface area contributed by atoms with Crippen molar-refractivity contribution in [3.63, 3.8) is 0 Å². The summed E-state index contributed by atoms with van der Waals surface area (Å²) in [6.07, 6.45) is -0.00993. The number of hydrogen-bond acceptors (Lipinski definition) is 2. The molecule has 88 valence electrons. The van der Waals surface area contributed by atoms with Crippen molar-refractivity contribution in [2.75, 3.05) is 12.5 Å². The largest absolute Gasteiger partial charge is 0.343 e. The summed E-state index contributed by atoms with van der Waals surface area (Å²) in [6.45, 7) is 4.77. The minimum absolute atomic E-state index is 0.00993. The number of benzene rings is 1. The van der Waals surface area contributed by atoms with Crippen LogP contribution in [0.2, 0.25) is 0 Å². The van der Waals surface area contributed by atoms with E-state index in [2.05, 4.69) is 13.8 Å². The number of halogens is 1. The second-order valence-corrected chi connectivity index (χ2v) is 4.70. The highest BCUT2D eigenvalue weighted by atomic mass is 35.5. The Kier molecular flexibility index (Phi) is 3.53. The SMILES string of the molecule is CC(C)C1(c2ccccc2)OCC(CCl)O1. The fourth-order valence-electron chi connectivity index (χ4n) is 2.07. The average Bonchev–Trinajstić information content (AvgIpc) is 2.75. The molecule has 1 aliphatic rings. The summed E-state index contributed by atoms with van der Waals surface area (Å²) in [4.78, 5) is 0. The van der Waals surface area contributed by atoms with Gasteiger partial charge in [0.05, 0.1) is 18.6 Å². The maximum absolute atomic E-state index is 5.99. The Hall–Kier alpha value is -0.570. The zero-order chi connectivity index (χ0) is 11.6. The van der Waals surface area contributed by atoms with Crippen LogP contribution in [0.4, 0.5) is 0 Å². The highest BCUT2D eigenvalue weighted by Gasteiger charge is 2.45. The highest BCUT2D eigenvalue weighted by molar-refractivity contribution is 6.18. The molecule has 2 atom stereocenters. The standard InChI is InChI=1S/C13H17ClO2/c1-10(2)13(11-6-4-3-5-7-11)15-9-12(8-14)16-13/h3-7,10,12H,8-9H2,1-2H3. The quantitative estimate of drug-likeness (QED) is 0.756. The van der Waals surface area contributed by atoms with E-state index in [-0.39, 0.29) is 12.0 Å². The molecule has 2 unspecified atom stereocenters. The van der Waals surface area contributed by atoms with E-state index >= 15 is 0 Å². The molecule has 0 aliphatic carbocycles. The Balaban J connectivity index is 2.31. The second-order valence-electron chi connectivity index (χ2n) is 4.39. The second kappa shape index (κ2) is 4.74. The molecule has 2 rings (SSSR count). The van der Waals surface area contributed by atoms with Gasteiger partial charge in [0, 0.05) is 11.5 Å². The first-order chi connectivity index (χ1) is 7.69. The van der Waals surface area contributed by atoms with Gasteiger partial charge in [-0.15, -0.1) is 11.6 Å². The fraction of sp³-hybridized carbons (Fsp3) is 0.538. The van der Waals surface area contributed by atoms with E-state index in [0.29, 0.717) is 12.5 Å². The van der Waals surface area contributed by atoms with E-state index in [0.717, 1.165) is 5.56 Å². The summed E-state index contributed by atoms with van der Waals surface area (Å²) in [5.41, 5.74) is 1.07. The van der Waals surface area contributed by atoms with Gasteiger partial charge in [-0.25, -0.2) is 0 Å². The molecular weight excluding hydrogens is 224 g/mol. The summed E-state index contributed by atoms with van der Waals surface area (Å²) in [6, 6.07) is 10.1. The van der Waals surface area contributed by atoms with Gasteiger partial charge in [-0.1, -0.05) is 44.2 Å². The Labute approximate surface area is 102 Å². The van der Waals surface area contributed by atoms with Gasteiger partial charge in [-0.3, -0.25) is 0 Å². The van der Waals surface area contributed by atoms with Crippen molar-refractivity contribution >= 4 is 11.6 Å². The van der Waals surface area contributed by atoms with Crippen molar-refractivity contribution < 1.29 is 9.47 Å². The first-order valence-corrected chi connectivity index (χ1v) is 6.15. The van der Waals surface area contributed by atoms with Gasteiger partial charge in [0.2, 0.25) is 0 Å². The Morgan fingerprint density at radius 1 is 1.38 bits per heavy atom. The third-order valence-corrected chi connectivity index (χ3v) is 3.28. The summed E-state index contributed by atoms with van der Waals surface area (Å²) < 4.78 is 11.9. The van der Waals surface area contributed by atoms with Crippen molar-refractivity contribution in [3.05, 3.63) is 35.9 Å². The maximum atomic E-state index is 5.99. The highest BCUT2D eigenvalue weighted by Crippen LogP contribution is 2.40. The van der Waals surface area contributed by atoms with E-state index in [1.807, 2.05) is 30.3 Å². The molecule has 0 amide bonds. The van der Waals surface area contributed by atoms with Crippen LogP contribution in [-0.4, -0.2) is 18.6 Å². The average molecular weight is 241 g/mol. The third-order valence-electron chi connectivity index (χ3n) is 2.93. The van der Waals surface area contributed by atoms with Crippen molar-refractivity contribution in [3.8, 4) is 0 Å². The minimum atomic E-state index is -0.624. The maximum Gasteiger partial charge on any atom is 0.197 e. The van der Waals surface area contributed by atoms with Crippen LogP contribution < -0.4 is 0 Å². The smallest absolute Gasteiger partial charge is 0.197 e. The Morgan fingerprint density at radius 2 is 2.06 bits per heavy atom. The molecule has 1 aromatic carbocycles. The molecule has 0 spiro atoms. The number of hydrogen-bond donors (Lipinski definition) is 0. The molecule has 1 saturated heterocycles. The molecule has 3 heteroatoms. The third kappa shape index (κ3) is 1.97. The number of rotatable bonds is 3. The molecule has 0 saturated carbocycles. The van der Waals surface area contributed by atoms with Crippen LogP contribution in [0.1, 0.15) is 19.4 Å².